The molecule has 104 valence electrons. The Morgan fingerprint density at radius 1 is 1.05 bits per heavy atom. The fraction of sp³-hybridized carbons (Fsp3) is 0.143. The predicted molar refractivity (Wildman–Crippen MR) is 84.1 cm³/mol. The zero-order chi connectivity index (χ0) is 14.1. The Morgan fingerprint density at radius 3 is 2.60 bits per heavy atom. The number of benzene rings is 2. The smallest absolute Gasteiger partial charge is 0.231 e. The van der Waals surface area contributed by atoms with Crippen molar-refractivity contribution in [3.8, 4) is 11.5 Å². The molecule has 0 bridgehead atoms. The topological polar surface area (TPSA) is 30.5 Å². The van der Waals surface area contributed by atoms with E-state index in [2.05, 4.69) is 21.2 Å². The number of ether oxygens (including phenoxy) is 2. The second-order valence-corrected chi connectivity index (χ2v) is 6.00. The van der Waals surface area contributed by atoms with E-state index < -0.39 is 0 Å². The lowest BCUT2D eigenvalue weighted by atomic mass is 10.2. The zero-order valence-electron chi connectivity index (χ0n) is 10.3. The molecule has 0 spiro atoms. The first kappa shape index (κ1) is 13.9. The van der Waals surface area contributed by atoms with Gasteiger partial charge in [-0.2, -0.15) is 0 Å². The Labute approximate surface area is 134 Å². The van der Waals surface area contributed by atoms with Gasteiger partial charge in [0.2, 0.25) is 6.79 Å². The Balaban J connectivity index is 1.80. The van der Waals surface area contributed by atoms with E-state index >= 15 is 0 Å². The van der Waals surface area contributed by atoms with E-state index in [1.165, 1.54) is 0 Å². The fourth-order valence-electron chi connectivity index (χ4n) is 1.92. The van der Waals surface area contributed by atoms with Gasteiger partial charge in [0.1, 0.15) is 0 Å². The Kier molecular flexibility index (Phi) is 3.96. The molecule has 20 heavy (non-hydrogen) atoms. The van der Waals surface area contributed by atoms with Gasteiger partial charge < -0.3 is 14.8 Å². The van der Waals surface area contributed by atoms with E-state index in [0.29, 0.717) is 28.1 Å². The maximum atomic E-state index is 6.20. The minimum atomic E-state index is 0.229. The van der Waals surface area contributed by atoms with Gasteiger partial charge in [0, 0.05) is 28.2 Å². The molecule has 0 fully saturated rings. The average Bonchev–Trinajstić information content (AvgIpc) is 2.86. The van der Waals surface area contributed by atoms with Crippen molar-refractivity contribution in [3.05, 3.63) is 50.4 Å². The minimum absolute atomic E-state index is 0.229. The molecule has 0 atom stereocenters. The number of rotatable bonds is 3. The van der Waals surface area contributed by atoms with E-state index in [1.807, 2.05) is 24.3 Å². The van der Waals surface area contributed by atoms with Crippen LogP contribution in [0.15, 0.2) is 34.8 Å². The van der Waals surface area contributed by atoms with E-state index in [4.69, 9.17) is 32.7 Å². The predicted octanol–water partition coefficient (Wildman–Crippen LogP) is 5.10. The molecule has 1 aliphatic rings. The molecule has 2 aromatic carbocycles. The Morgan fingerprint density at radius 2 is 1.80 bits per heavy atom. The lowest BCUT2D eigenvalue weighted by molar-refractivity contribution is 0.174. The van der Waals surface area contributed by atoms with Gasteiger partial charge in [-0.05, 0) is 23.8 Å². The van der Waals surface area contributed by atoms with Crippen LogP contribution in [0.5, 0.6) is 11.5 Å². The van der Waals surface area contributed by atoms with Crippen LogP contribution in [0.3, 0.4) is 0 Å². The molecule has 0 radical (unpaired) electrons. The third-order valence-corrected chi connectivity index (χ3v) is 4.11. The van der Waals surface area contributed by atoms with Crippen LogP contribution in [-0.4, -0.2) is 6.79 Å². The summed E-state index contributed by atoms with van der Waals surface area (Å²) in [6.07, 6.45) is 0. The van der Waals surface area contributed by atoms with E-state index in [-0.39, 0.29) is 6.79 Å². The lowest BCUT2D eigenvalue weighted by Gasteiger charge is -2.11. The van der Waals surface area contributed by atoms with Crippen LogP contribution in [-0.2, 0) is 6.54 Å². The van der Waals surface area contributed by atoms with Crippen LogP contribution in [0.4, 0.5) is 5.69 Å². The third kappa shape index (κ3) is 2.82. The van der Waals surface area contributed by atoms with E-state index in [9.17, 15) is 0 Å². The van der Waals surface area contributed by atoms with Crippen LogP contribution < -0.4 is 14.8 Å². The monoisotopic (exact) mass is 373 g/mol. The van der Waals surface area contributed by atoms with Crippen LogP contribution in [0.1, 0.15) is 5.56 Å². The van der Waals surface area contributed by atoms with Crippen molar-refractivity contribution in [2.75, 3.05) is 12.1 Å². The summed E-state index contributed by atoms with van der Waals surface area (Å²) in [7, 11) is 0. The standard InChI is InChI=1S/C14H10BrCl2NO2/c15-9-1-2-10(16)8(3-9)6-18-12-5-14-13(4-11(12)17)19-7-20-14/h1-5,18H,6-7H2. The molecule has 1 N–H and O–H groups in total. The lowest BCUT2D eigenvalue weighted by Crippen LogP contribution is -2.00. The number of anilines is 1. The van der Waals surface area contributed by atoms with Gasteiger partial charge in [-0.25, -0.2) is 0 Å². The highest BCUT2D eigenvalue weighted by Gasteiger charge is 2.16. The molecule has 0 saturated heterocycles. The quantitative estimate of drug-likeness (QED) is 0.810. The highest BCUT2D eigenvalue weighted by Crippen LogP contribution is 2.39. The van der Waals surface area contributed by atoms with Crippen molar-refractivity contribution in [1.29, 1.82) is 0 Å². The third-order valence-electron chi connectivity index (χ3n) is 2.94. The second-order valence-electron chi connectivity index (χ2n) is 4.27. The second kappa shape index (κ2) is 5.72. The summed E-state index contributed by atoms with van der Waals surface area (Å²) in [6.45, 7) is 0.796. The first-order valence-corrected chi connectivity index (χ1v) is 7.45. The first-order chi connectivity index (χ1) is 9.63. The summed E-state index contributed by atoms with van der Waals surface area (Å²) in [4.78, 5) is 0. The van der Waals surface area contributed by atoms with Crippen molar-refractivity contribution < 1.29 is 9.47 Å². The molecular formula is C14H10BrCl2NO2. The van der Waals surface area contributed by atoms with Gasteiger partial charge in [0.25, 0.3) is 0 Å². The Bertz CT molecular complexity index is 664. The summed E-state index contributed by atoms with van der Waals surface area (Å²) in [6, 6.07) is 9.30. The van der Waals surface area contributed by atoms with Crippen molar-refractivity contribution in [2.24, 2.45) is 0 Å². The summed E-state index contributed by atoms with van der Waals surface area (Å²) in [5.41, 5.74) is 1.77. The maximum Gasteiger partial charge on any atom is 0.231 e. The van der Waals surface area contributed by atoms with Gasteiger partial charge in [0.15, 0.2) is 11.5 Å². The number of hydrogen-bond donors (Lipinski definition) is 1. The molecule has 0 unspecified atom stereocenters. The van der Waals surface area contributed by atoms with Gasteiger partial charge in [0.05, 0.1) is 10.7 Å². The highest BCUT2D eigenvalue weighted by molar-refractivity contribution is 9.10. The molecule has 6 heteroatoms. The average molecular weight is 375 g/mol. The zero-order valence-corrected chi connectivity index (χ0v) is 13.3. The molecule has 0 aromatic heterocycles. The first-order valence-electron chi connectivity index (χ1n) is 5.90. The molecule has 0 saturated carbocycles. The van der Waals surface area contributed by atoms with E-state index in [1.54, 1.807) is 6.07 Å². The van der Waals surface area contributed by atoms with Crippen molar-refractivity contribution in [2.45, 2.75) is 6.54 Å². The molecular weight excluding hydrogens is 365 g/mol. The largest absolute Gasteiger partial charge is 0.454 e. The molecule has 0 aliphatic carbocycles. The number of fused-ring (bicyclic) bond motifs is 1. The fourth-order valence-corrected chi connectivity index (χ4v) is 2.74. The molecule has 1 heterocycles. The molecule has 3 rings (SSSR count). The van der Waals surface area contributed by atoms with Crippen LogP contribution in [0.2, 0.25) is 10.0 Å². The molecule has 2 aromatic rings. The highest BCUT2D eigenvalue weighted by atomic mass is 79.9. The number of halogens is 3. The maximum absolute atomic E-state index is 6.20. The van der Waals surface area contributed by atoms with Gasteiger partial charge >= 0.3 is 0 Å². The van der Waals surface area contributed by atoms with Crippen molar-refractivity contribution in [3.63, 3.8) is 0 Å². The van der Waals surface area contributed by atoms with Gasteiger partial charge in [-0.3, -0.25) is 0 Å². The summed E-state index contributed by atoms with van der Waals surface area (Å²) in [5, 5.41) is 4.54. The minimum Gasteiger partial charge on any atom is -0.454 e. The van der Waals surface area contributed by atoms with Crippen LogP contribution in [0.25, 0.3) is 0 Å². The number of nitrogens with one attached hydrogen (secondary N) is 1. The summed E-state index contributed by atoms with van der Waals surface area (Å²) >= 11 is 15.8. The van der Waals surface area contributed by atoms with Crippen LogP contribution in [0, 0.1) is 0 Å². The van der Waals surface area contributed by atoms with E-state index in [0.717, 1.165) is 15.7 Å². The summed E-state index contributed by atoms with van der Waals surface area (Å²) < 4.78 is 11.6. The molecule has 0 amide bonds. The SMILES string of the molecule is Clc1ccc(Br)cc1CNc1cc2c(cc1Cl)OCO2. The number of hydrogen-bond acceptors (Lipinski definition) is 3. The molecule has 3 nitrogen and oxygen atoms in total. The van der Waals surface area contributed by atoms with Gasteiger partial charge in [-0.1, -0.05) is 39.1 Å². The normalized spacial score (nSPS) is 12.6. The Hall–Kier alpha value is -1.10. The van der Waals surface area contributed by atoms with Crippen LogP contribution >= 0.6 is 39.1 Å². The van der Waals surface area contributed by atoms with Crippen molar-refractivity contribution >= 4 is 44.8 Å². The van der Waals surface area contributed by atoms with Gasteiger partial charge in [-0.15, -0.1) is 0 Å². The summed E-state index contributed by atoms with van der Waals surface area (Å²) in [5.74, 6) is 1.36. The molecule has 1 aliphatic heterocycles. The van der Waals surface area contributed by atoms with Crippen molar-refractivity contribution in [1.82, 2.24) is 0 Å².